The smallest absolute Gasteiger partial charge is 0.273 e. The molecule has 0 saturated carbocycles. The van der Waals surface area contributed by atoms with Crippen LogP contribution in [0.3, 0.4) is 0 Å². The molecule has 1 fully saturated rings. The van der Waals surface area contributed by atoms with E-state index in [1.807, 2.05) is 18.2 Å². The zero-order valence-electron chi connectivity index (χ0n) is 17.4. The molecule has 1 aliphatic rings. The number of thioether (sulfide) groups is 1. The van der Waals surface area contributed by atoms with E-state index in [1.54, 1.807) is 43.5 Å². The van der Waals surface area contributed by atoms with Gasteiger partial charge in [-0.3, -0.25) is 30.1 Å². The highest BCUT2D eigenvalue weighted by Crippen LogP contribution is 2.34. The lowest BCUT2D eigenvalue weighted by atomic mass is 10.2. The molecule has 0 aliphatic carbocycles. The van der Waals surface area contributed by atoms with Gasteiger partial charge in [-0.15, -0.1) is 0 Å². The normalized spacial score (nSPS) is 14.4. The van der Waals surface area contributed by atoms with Gasteiger partial charge in [-0.05, 0) is 24.3 Å². The Morgan fingerprint density at radius 2 is 1.69 bits per heavy atom. The summed E-state index contributed by atoms with van der Waals surface area (Å²) in [5.74, 6) is -0.226. The molecule has 3 amide bonds. The average molecular weight is 472 g/mol. The molecule has 166 valence electrons. The molecule has 2 N–H and O–H groups in total. The summed E-state index contributed by atoms with van der Waals surface area (Å²) in [6, 6.07) is 14.0. The predicted octanol–water partition coefficient (Wildman–Crippen LogP) is 2.76. The summed E-state index contributed by atoms with van der Waals surface area (Å²) >= 11 is 6.47. The zero-order valence-corrected chi connectivity index (χ0v) is 19.0. The maximum atomic E-state index is 12.7. The van der Waals surface area contributed by atoms with E-state index in [9.17, 15) is 14.4 Å². The number of thiocarbonyl (C=S) groups is 1. The Labute approximate surface area is 194 Å². The average Bonchev–Trinajstić information content (AvgIpc) is 3.08. The Morgan fingerprint density at radius 3 is 2.41 bits per heavy atom. The molecule has 0 unspecified atom stereocenters. The van der Waals surface area contributed by atoms with Crippen LogP contribution in [0.5, 0.6) is 11.5 Å². The Balaban J connectivity index is 1.55. The Morgan fingerprint density at radius 1 is 1.03 bits per heavy atom. The van der Waals surface area contributed by atoms with Crippen molar-refractivity contribution in [1.82, 2.24) is 15.8 Å². The minimum atomic E-state index is -0.513. The van der Waals surface area contributed by atoms with E-state index in [-0.39, 0.29) is 24.4 Å². The third-order valence-corrected chi connectivity index (χ3v) is 5.91. The van der Waals surface area contributed by atoms with Crippen LogP contribution in [-0.4, -0.2) is 47.7 Å². The summed E-state index contributed by atoms with van der Waals surface area (Å²) in [5.41, 5.74) is 5.72. The number of nitrogens with one attached hydrogen (secondary N) is 2. The Hall–Kier alpha value is -3.37. The molecule has 1 aliphatic heterocycles. The van der Waals surface area contributed by atoms with Gasteiger partial charge in [-0.1, -0.05) is 54.3 Å². The fraction of sp³-hybridized carbons (Fsp3) is 0.182. The first-order valence-corrected chi connectivity index (χ1v) is 10.8. The van der Waals surface area contributed by atoms with Crippen LogP contribution in [0.1, 0.15) is 22.3 Å². The minimum Gasteiger partial charge on any atom is -0.496 e. The van der Waals surface area contributed by atoms with Crippen LogP contribution in [0.25, 0.3) is 6.08 Å². The first kappa shape index (κ1) is 23.3. The maximum Gasteiger partial charge on any atom is 0.273 e. The van der Waals surface area contributed by atoms with Gasteiger partial charge in [0.25, 0.3) is 11.8 Å². The molecular weight excluding hydrogens is 450 g/mol. The van der Waals surface area contributed by atoms with Crippen molar-refractivity contribution in [3.8, 4) is 11.5 Å². The van der Waals surface area contributed by atoms with Crippen molar-refractivity contribution < 1.29 is 23.9 Å². The highest BCUT2D eigenvalue weighted by molar-refractivity contribution is 8.26. The third kappa shape index (κ3) is 5.45. The molecule has 0 radical (unpaired) electrons. The Kier molecular flexibility index (Phi) is 7.85. The summed E-state index contributed by atoms with van der Waals surface area (Å²) in [5, 5.41) is 0. The molecule has 0 atom stereocenters. The minimum absolute atomic E-state index is 0.0411. The van der Waals surface area contributed by atoms with Gasteiger partial charge < -0.3 is 9.47 Å². The van der Waals surface area contributed by atoms with E-state index < -0.39 is 11.8 Å². The first-order valence-electron chi connectivity index (χ1n) is 9.55. The number of ether oxygens (including phenoxy) is 2. The highest BCUT2D eigenvalue weighted by atomic mass is 32.2. The molecule has 3 rings (SSSR count). The lowest BCUT2D eigenvalue weighted by molar-refractivity contribution is -0.124. The number of nitrogens with zero attached hydrogens (tertiary/aromatic N) is 1. The van der Waals surface area contributed by atoms with E-state index in [0.29, 0.717) is 20.7 Å². The summed E-state index contributed by atoms with van der Waals surface area (Å²) in [6.07, 6.45) is 1.67. The predicted molar refractivity (Wildman–Crippen MR) is 126 cm³/mol. The van der Waals surface area contributed by atoms with Gasteiger partial charge in [0.15, 0.2) is 0 Å². The summed E-state index contributed by atoms with van der Waals surface area (Å²) in [6.45, 7) is 0.0876. The van der Waals surface area contributed by atoms with E-state index in [2.05, 4.69) is 10.9 Å². The van der Waals surface area contributed by atoms with Crippen molar-refractivity contribution in [3.05, 3.63) is 64.6 Å². The molecule has 2 aromatic rings. The highest BCUT2D eigenvalue weighted by Gasteiger charge is 2.32. The molecule has 0 spiro atoms. The summed E-state index contributed by atoms with van der Waals surface area (Å²) < 4.78 is 10.8. The molecule has 1 saturated heterocycles. The molecule has 2 aromatic carbocycles. The number of benzene rings is 2. The monoisotopic (exact) mass is 471 g/mol. The number of carbonyl (C=O) groups is 3. The largest absolute Gasteiger partial charge is 0.496 e. The van der Waals surface area contributed by atoms with Crippen molar-refractivity contribution in [2.75, 3.05) is 20.8 Å². The number of carbonyl (C=O) groups excluding carboxylic acids is 3. The van der Waals surface area contributed by atoms with Crippen molar-refractivity contribution in [2.45, 2.75) is 6.42 Å². The molecule has 10 heteroatoms. The third-order valence-electron chi connectivity index (χ3n) is 4.53. The number of hydrogen-bond donors (Lipinski definition) is 2. The molecule has 0 aromatic heterocycles. The molecule has 8 nitrogen and oxygen atoms in total. The quantitative estimate of drug-likeness (QED) is 0.364. The van der Waals surface area contributed by atoms with Crippen LogP contribution in [0.4, 0.5) is 0 Å². The number of amides is 3. The topological polar surface area (TPSA) is 97.0 Å². The van der Waals surface area contributed by atoms with Gasteiger partial charge in [0, 0.05) is 18.5 Å². The number of hydrazine groups is 1. The Bertz CT molecular complexity index is 1090. The number of methoxy groups -OCH3 is 2. The SMILES string of the molecule is COc1ccccc1/C=C1\SC(=S)N(CCC(=O)NNC(=O)c2ccccc2OC)C1=O. The standard InChI is InChI=1S/C22H21N3O5S2/c1-29-16-9-5-3-7-14(16)13-18-21(28)25(22(31)32-18)12-11-19(26)23-24-20(27)15-8-4-6-10-17(15)30-2/h3-10,13H,11-12H2,1-2H3,(H,23,26)(H,24,27)/b18-13-. The van der Waals surface area contributed by atoms with Gasteiger partial charge in [0.05, 0.1) is 24.7 Å². The molecule has 0 bridgehead atoms. The maximum absolute atomic E-state index is 12.7. The van der Waals surface area contributed by atoms with Crippen LogP contribution in [0.2, 0.25) is 0 Å². The lowest BCUT2D eigenvalue weighted by Crippen LogP contribution is -2.43. The fourth-order valence-corrected chi connectivity index (χ4v) is 4.22. The van der Waals surface area contributed by atoms with Gasteiger partial charge >= 0.3 is 0 Å². The van der Waals surface area contributed by atoms with Crippen LogP contribution in [-0.2, 0) is 9.59 Å². The van der Waals surface area contributed by atoms with E-state index >= 15 is 0 Å². The van der Waals surface area contributed by atoms with Crippen molar-refractivity contribution in [2.24, 2.45) is 0 Å². The van der Waals surface area contributed by atoms with E-state index in [1.165, 1.54) is 23.8 Å². The summed E-state index contributed by atoms with van der Waals surface area (Å²) in [7, 11) is 3.01. The number of rotatable bonds is 7. The van der Waals surface area contributed by atoms with Gasteiger partial charge in [0.2, 0.25) is 5.91 Å². The number of hydrogen-bond acceptors (Lipinski definition) is 7. The first-order chi connectivity index (χ1) is 15.4. The zero-order chi connectivity index (χ0) is 23.1. The van der Waals surface area contributed by atoms with E-state index in [4.69, 9.17) is 21.7 Å². The molecule has 1 heterocycles. The second-order valence-electron chi connectivity index (χ2n) is 6.53. The van der Waals surface area contributed by atoms with Crippen LogP contribution in [0, 0.1) is 0 Å². The van der Waals surface area contributed by atoms with Crippen molar-refractivity contribution in [1.29, 1.82) is 0 Å². The second kappa shape index (κ2) is 10.8. The van der Waals surface area contributed by atoms with Gasteiger partial charge in [-0.2, -0.15) is 0 Å². The second-order valence-corrected chi connectivity index (χ2v) is 8.20. The fourth-order valence-electron chi connectivity index (χ4n) is 2.92. The molecule has 32 heavy (non-hydrogen) atoms. The molecular formula is C22H21N3O5S2. The van der Waals surface area contributed by atoms with Crippen LogP contribution >= 0.6 is 24.0 Å². The summed E-state index contributed by atoms with van der Waals surface area (Å²) in [4.78, 5) is 39.0. The lowest BCUT2D eigenvalue weighted by Gasteiger charge is -2.14. The number of para-hydroxylation sites is 2. The van der Waals surface area contributed by atoms with Crippen LogP contribution in [0.15, 0.2) is 53.4 Å². The van der Waals surface area contributed by atoms with Gasteiger partial charge in [-0.25, -0.2) is 0 Å². The van der Waals surface area contributed by atoms with Crippen molar-refractivity contribution in [3.63, 3.8) is 0 Å². The van der Waals surface area contributed by atoms with Crippen molar-refractivity contribution >= 4 is 52.1 Å². The van der Waals surface area contributed by atoms with Crippen LogP contribution < -0.4 is 20.3 Å². The van der Waals surface area contributed by atoms with Gasteiger partial charge in [0.1, 0.15) is 15.8 Å². The van der Waals surface area contributed by atoms with E-state index in [0.717, 1.165) is 5.56 Å².